The summed E-state index contributed by atoms with van der Waals surface area (Å²) in [7, 11) is 1.98. The number of carbonyl (C=O) groups is 1. The number of aliphatic carboxylic acids is 1. The number of carboxylic acid groups (broad SMARTS) is 1. The monoisotopic (exact) mass is 282 g/mol. The van der Waals surface area contributed by atoms with Gasteiger partial charge in [-0.05, 0) is 48.7 Å². The summed E-state index contributed by atoms with van der Waals surface area (Å²) in [5.74, 6) is -0.106. The van der Waals surface area contributed by atoms with Crippen LogP contribution in [0.2, 0.25) is 0 Å². The lowest BCUT2D eigenvalue weighted by Gasteiger charge is -2.22. The number of rotatable bonds is 4. The highest BCUT2D eigenvalue weighted by Crippen LogP contribution is 2.27. The van der Waals surface area contributed by atoms with E-state index in [9.17, 15) is 4.79 Å². The van der Waals surface area contributed by atoms with Gasteiger partial charge in [-0.2, -0.15) is 0 Å². The van der Waals surface area contributed by atoms with Crippen molar-refractivity contribution in [1.29, 1.82) is 0 Å². The van der Waals surface area contributed by atoms with Gasteiger partial charge in [0.1, 0.15) is 5.82 Å². The molecule has 1 heterocycles. The standard InChI is InChI=1S/C17H18N2O2/c1-12-6-4-5-7-15(12)19(3)17-13(2)10-14(11-18-17)8-9-16(20)21/h4-11H,1-3H3,(H,20,21)/b9-8+. The van der Waals surface area contributed by atoms with E-state index in [0.717, 1.165) is 28.7 Å². The normalized spacial score (nSPS) is 10.8. The van der Waals surface area contributed by atoms with Gasteiger partial charge in [-0.1, -0.05) is 18.2 Å². The Morgan fingerprint density at radius 2 is 1.95 bits per heavy atom. The van der Waals surface area contributed by atoms with Crippen LogP contribution in [0, 0.1) is 13.8 Å². The first-order valence-corrected chi connectivity index (χ1v) is 6.66. The summed E-state index contributed by atoms with van der Waals surface area (Å²) in [4.78, 5) is 17.0. The lowest BCUT2D eigenvalue weighted by molar-refractivity contribution is -0.131. The third-order valence-electron chi connectivity index (χ3n) is 3.28. The second-order valence-corrected chi connectivity index (χ2v) is 4.93. The molecule has 2 rings (SSSR count). The van der Waals surface area contributed by atoms with Crippen molar-refractivity contribution < 1.29 is 9.90 Å². The Kier molecular flexibility index (Phi) is 4.38. The van der Waals surface area contributed by atoms with E-state index in [1.54, 1.807) is 12.3 Å². The molecule has 0 radical (unpaired) electrons. The van der Waals surface area contributed by atoms with Crippen molar-refractivity contribution in [2.75, 3.05) is 11.9 Å². The summed E-state index contributed by atoms with van der Waals surface area (Å²) in [5.41, 5.74) is 4.04. The average Bonchev–Trinajstić information content (AvgIpc) is 2.45. The van der Waals surface area contributed by atoms with E-state index in [-0.39, 0.29) is 0 Å². The molecular weight excluding hydrogens is 264 g/mol. The fourth-order valence-corrected chi connectivity index (χ4v) is 2.25. The van der Waals surface area contributed by atoms with E-state index in [1.807, 2.05) is 37.1 Å². The zero-order chi connectivity index (χ0) is 15.4. The van der Waals surface area contributed by atoms with Gasteiger partial charge in [-0.15, -0.1) is 0 Å². The molecule has 108 valence electrons. The van der Waals surface area contributed by atoms with Crippen molar-refractivity contribution >= 4 is 23.6 Å². The number of pyridine rings is 1. The number of nitrogens with zero attached hydrogens (tertiary/aromatic N) is 2. The molecule has 4 heteroatoms. The molecule has 0 saturated carbocycles. The summed E-state index contributed by atoms with van der Waals surface area (Å²) < 4.78 is 0. The summed E-state index contributed by atoms with van der Waals surface area (Å²) in [6, 6.07) is 10.0. The number of carboxylic acids is 1. The number of hydrogen-bond acceptors (Lipinski definition) is 3. The van der Waals surface area contributed by atoms with Gasteiger partial charge in [0.05, 0.1) is 0 Å². The molecule has 0 aliphatic carbocycles. The molecule has 0 spiro atoms. The SMILES string of the molecule is Cc1ccccc1N(C)c1ncc(/C=C/C(=O)O)cc1C. The molecule has 1 N–H and O–H groups in total. The Bertz CT molecular complexity index is 693. The van der Waals surface area contributed by atoms with Gasteiger partial charge in [0.2, 0.25) is 0 Å². The molecule has 0 aliphatic rings. The molecule has 1 aromatic heterocycles. The molecule has 0 saturated heterocycles. The second kappa shape index (κ2) is 6.22. The zero-order valence-electron chi connectivity index (χ0n) is 12.4. The Labute approximate surface area is 124 Å². The second-order valence-electron chi connectivity index (χ2n) is 4.93. The first-order chi connectivity index (χ1) is 9.99. The van der Waals surface area contributed by atoms with Crippen LogP contribution in [0.15, 0.2) is 42.6 Å². The van der Waals surface area contributed by atoms with Gasteiger partial charge in [0.15, 0.2) is 0 Å². The van der Waals surface area contributed by atoms with Crippen LogP contribution in [-0.4, -0.2) is 23.1 Å². The number of anilines is 2. The predicted molar refractivity (Wildman–Crippen MR) is 84.9 cm³/mol. The molecule has 21 heavy (non-hydrogen) atoms. The number of aryl methyl sites for hydroxylation is 2. The van der Waals surface area contributed by atoms with Crippen molar-refractivity contribution in [3.8, 4) is 0 Å². The minimum absolute atomic E-state index is 0.775. The van der Waals surface area contributed by atoms with Crippen LogP contribution in [0.4, 0.5) is 11.5 Å². The van der Waals surface area contributed by atoms with Gasteiger partial charge >= 0.3 is 5.97 Å². The van der Waals surface area contributed by atoms with Crippen molar-refractivity contribution in [2.24, 2.45) is 0 Å². The number of benzene rings is 1. The van der Waals surface area contributed by atoms with E-state index >= 15 is 0 Å². The van der Waals surface area contributed by atoms with Crippen molar-refractivity contribution in [1.82, 2.24) is 4.98 Å². The lowest BCUT2D eigenvalue weighted by atomic mass is 10.1. The maximum absolute atomic E-state index is 10.5. The van der Waals surface area contributed by atoms with Crippen LogP contribution in [0.1, 0.15) is 16.7 Å². The molecule has 0 atom stereocenters. The molecule has 1 aromatic carbocycles. The summed E-state index contributed by atoms with van der Waals surface area (Å²) >= 11 is 0. The number of aromatic nitrogens is 1. The van der Waals surface area contributed by atoms with E-state index in [1.165, 1.54) is 5.56 Å². The van der Waals surface area contributed by atoms with Crippen molar-refractivity contribution in [3.63, 3.8) is 0 Å². The van der Waals surface area contributed by atoms with Crippen molar-refractivity contribution in [2.45, 2.75) is 13.8 Å². The van der Waals surface area contributed by atoms with Crippen LogP contribution >= 0.6 is 0 Å². The largest absolute Gasteiger partial charge is 0.478 e. The van der Waals surface area contributed by atoms with Crippen LogP contribution in [0.5, 0.6) is 0 Å². The molecular formula is C17H18N2O2. The van der Waals surface area contributed by atoms with Gasteiger partial charge in [0, 0.05) is 25.0 Å². The van der Waals surface area contributed by atoms with E-state index in [0.29, 0.717) is 0 Å². The number of para-hydroxylation sites is 1. The molecule has 0 aliphatic heterocycles. The van der Waals surface area contributed by atoms with Crippen LogP contribution in [-0.2, 0) is 4.79 Å². The quantitative estimate of drug-likeness (QED) is 0.871. The first-order valence-electron chi connectivity index (χ1n) is 6.66. The minimum atomic E-state index is -0.964. The topological polar surface area (TPSA) is 53.4 Å². The fraction of sp³-hybridized carbons (Fsp3) is 0.176. The van der Waals surface area contributed by atoms with Crippen molar-refractivity contribution in [3.05, 3.63) is 59.3 Å². The maximum atomic E-state index is 10.5. The Morgan fingerprint density at radius 1 is 1.24 bits per heavy atom. The first kappa shape index (κ1) is 14.8. The predicted octanol–water partition coefficient (Wildman–Crippen LogP) is 3.56. The summed E-state index contributed by atoms with van der Waals surface area (Å²) in [6.45, 7) is 4.03. The van der Waals surface area contributed by atoms with Gasteiger partial charge < -0.3 is 10.0 Å². The van der Waals surface area contributed by atoms with Gasteiger partial charge in [-0.25, -0.2) is 9.78 Å². The fourth-order valence-electron chi connectivity index (χ4n) is 2.25. The van der Waals surface area contributed by atoms with Crippen LogP contribution < -0.4 is 4.90 Å². The summed E-state index contributed by atoms with van der Waals surface area (Å²) in [6.07, 6.45) is 4.33. The molecule has 0 amide bonds. The molecule has 0 fully saturated rings. The van der Waals surface area contributed by atoms with Gasteiger partial charge in [-0.3, -0.25) is 0 Å². The maximum Gasteiger partial charge on any atom is 0.328 e. The summed E-state index contributed by atoms with van der Waals surface area (Å²) in [5, 5.41) is 8.65. The molecule has 0 bridgehead atoms. The zero-order valence-corrected chi connectivity index (χ0v) is 12.4. The van der Waals surface area contributed by atoms with Crippen LogP contribution in [0.3, 0.4) is 0 Å². The highest BCUT2D eigenvalue weighted by Gasteiger charge is 2.10. The highest BCUT2D eigenvalue weighted by atomic mass is 16.4. The third-order valence-corrected chi connectivity index (χ3v) is 3.28. The smallest absolute Gasteiger partial charge is 0.328 e. The molecule has 4 nitrogen and oxygen atoms in total. The minimum Gasteiger partial charge on any atom is -0.478 e. The Balaban J connectivity index is 2.33. The lowest BCUT2D eigenvalue weighted by Crippen LogP contribution is -2.13. The number of hydrogen-bond donors (Lipinski definition) is 1. The van der Waals surface area contributed by atoms with E-state index in [2.05, 4.69) is 24.0 Å². The molecule has 2 aromatic rings. The highest BCUT2D eigenvalue weighted by molar-refractivity contribution is 5.85. The van der Waals surface area contributed by atoms with Gasteiger partial charge in [0.25, 0.3) is 0 Å². The van der Waals surface area contributed by atoms with E-state index in [4.69, 9.17) is 5.11 Å². The molecule has 0 unspecified atom stereocenters. The third kappa shape index (κ3) is 3.48. The Morgan fingerprint density at radius 3 is 2.57 bits per heavy atom. The van der Waals surface area contributed by atoms with E-state index < -0.39 is 5.97 Å². The van der Waals surface area contributed by atoms with Crippen LogP contribution in [0.25, 0.3) is 6.08 Å². The Hall–Kier alpha value is -2.62. The average molecular weight is 282 g/mol.